The van der Waals surface area contributed by atoms with E-state index in [4.69, 9.17) is 0 Å². The molecule has 0 spiro atoms. The molecule has 0 bridgehead atoms. The van der Waals surface area contributed by atoms with Crippen LogP contribution < -0.4 is 0 Å². The highest BCUT2D eigenvalue weighted by molar-refractivity contribution is 5.28. The summed E-state index contributed by atoms with van der Waals surface area (Å²) >= 11 is 0. The van der Waals surface area contributed by atoms with E-state index in [0.29, 0.717) is 6.42 Å². The molecule has 1 atom stereocenters. The minimum Gasteiger partial charge on any atom is -0.387 e. The van der Waals surface area contributed by atoms with Crippen LogP contribution >= 0.6 is 0 Å². The van der Waals surface area contributed by atoms with Crippen LogP contribution in [0.1, 0.15) is 52.7 Å². The predicted octanol–water partition coefficient (Wildman–Crippen LogP) is 3.05. The fraction of sp³-hybridized carbons (Fsp3) is 0.625. The summed E-state index contributed by atoms with van der Waals surface area (Å²) in [7, 11) is 0. The van der Waals surface area contributed by atoms with Gasteiger partial charge in [-0.3, -0.25) is 0 Å². The van der Waals surface area contributed by atoms with Crippen LogP contribution in [0.25, 0.3) is 0 Å². The molecule has 0 aliphatic rings. The monoisotopic (exact) mass is 250 g/mol. The van der Waals surface area contributed by atoms with Crippen molar-refractivity contribution < 1.29 is 10.2 Å². The quantitative estimate of drug-likeness (QED) is 0.865. The third-order valence-corrected chi connectivity index (χ3v) is 3.69. The van der Waals surface area contributed by atoms with Crippen LogP contribution in [0.4, 0.5) is 0 Å². The van der Waals surface area contributed by atoms with Gasteiger partial charge in [-0.25, -0.2) is 0 Å². The van der Waals surface area contributed by atoms with E-state index in [9.17, 15) is 10.2 Å². The molecule has 0 heterocycles. The highest BCUT2D eigenvalue weighted by Gasteiger charge is 2.37. The molecule has 1 unspecified atom stereocenters. The summed E-state index contributed by atoms with van der Waals surface area (Å²) in [6.45, 7) is 11.5. The molecule has 2 heteroatoms. The van der Waals surface area contributed by atoms with Crippen molar-refractivity contribution in [3.8, 4) is 0 Å². The highest BCUT2D eigenvalue weighted by atomic mass is 16.3. The summed E-state index contributed by atoms with van der Waals surface area (Å²) in [4.78, 5) is 0. The van der Waals surface area contributed by atoms with Crippen molar-refractivity contribution in [3.05, 3.63) is 35.4 Å². The number of rotatable bonds is 3. The normalized spacial score (nSPS) is 16.4. The molecule has 2 nitrogen and oxygen atoms in total. The zero-order valence-electron chi connectivity index (χ0n) is 12.4. The Balaban J connectivity index is 2.89. The van der Waals surface area contributed by atoms with E-state index in [1.807, 2.05) is 12.1 Å². The van der Waals surface area contributed by atoms with Crippen LogP contribution in [-0.2, 0) is 11.8 Å². The standard InChI is InChI=1S/C16H26O2/c1-14(2,3)13-9-7-12(8-10-13)11-16(6,18)15(4,5)17/h7-10,17-18H,11H2,1-6H3. The van der Waals surface area contributed by atoms with E-state index < -0.39 is 11.2 Å². The Morgan fingerprint density at radius 1 is 0.833 bits per heavy atom. The van der Waals surface area contributed by atoms with E-state index in [1.54, 1.807) is 20.8 Å². The summed E-state index contributed by atoms with van der Waals surface area (Å²) in [6.07, 6.45) is 0.445. The number of benzene rings is 1. The Morgan fingerprint density at radius 2 is 1.28 bits per heavy atom. The van der Waals surface area contributed by atoms with Gasteiger partial charge in [-0.05, 0) is 37.3 Å². The Morgan fingerprint density at radius 3 is 1.61 bits per heavy atom. The number of aliphatic hydroxyl groups is 2. The Bertz CT molecular complexity index is 389. The lowest BCUT2D eigenvalue weighted by atomic mass is 9.81. The van der Waals surface area contributed by atoms with Crippen LogP contribution in [0.2, 0.25) is 0 Å². The first-order chi connectivity index (χ1) is 7.93. The molecule has 0 radical (unpaired) electrons. The summed E-state index contributed by atoms with van der Waals surface area (Å²) in [6, 6.07) is 8.24. The fourth-order valence-electron chi connectivity index (χ4n) is 1.74. The first-order valence-corrected chi connectivity index (χ1v) is 6.48. The van der Waals surface area contributed by atoms with Gasteiger partial charge in [0.15, 0.2) is 0 Å². The third kappa shape index (κ3) is 3.56. The maximum absolute atomic E-state index is 10.3. The van der Waals surface area contributed by atoms with Gasteiger partial charge in [0.2, 0.25) is 0 Å². The number of hydrogen-bond acceptors (Lipinski definition) is 2. The van der Waals surface area contributed by atoms with Gasteiger partial charge in [-0.15, -0.1) is 0 Å². The minimum absolute atomic E-state index is 0.136. The Hall–Kier alpha value is -0.860. The molecule has 1 rings (SSSR count). The fourth-order valence-corrected chi connectivity index (χ4v) is 1.74. The van der Waals surface area contributed by atoms with Crippen LogP contribution in [-0.4, -0.2) is 21.4 Å². The molecule has 0 saturated carbocycles. The molecule has 0 aromatic heterocycles. The second kappa shape index (κ2) is 4.67. The zero-order valence-corrected chi connectivity index (χ0v) is 12.4. The lowest BCUT2D eigenvalue weighted by Gasteiger charge is -2.35. The Kier molecular flexibility index (Phi) is 3.94. The lowest BCUT2D eigenvalue weighted by molar-refractivity contribution is -0.118. The zero-order chi connectivity index (χ0) is 14.2. The van der Waals surface area contributed by atoms with Gasteiger partial charge in [0.1, 0.15) is 0 Å². The van der Waals surface area contributed by atoms with Crippen molar-refractivity contribution in [2.75, 3.05) is 0 Å². The first kappa shape index (κ1) is 15.2. The molecule has 102 valence electrons. The summed E-state index contributed by atoms with van der Waals surface area (Å²) in [5, 5.41) is 20.2. The number of hydrogen-bond donors (Lipinski definition) is 2. The van der Waals surface area contributed by atoms with Crippen LogP contribution in [0.3, 0.4) is 0 Å². The Labute approximate surface area is 111 Å². The molecular weight excluding hydrogens is 224 g/mol. The van der Waals surface area contributed by atoms with Gasteiger partial charge < -0.3 is 10.2 Å². The first-order valence-electron chi connectivity index (χ1n) is 6.48. The minimum atomic E-state index is -1.13. The van der Waals surface area contributed by atoms with E-state index in [-0.39, 0.29) is 5.41 Å². The molecule has 1 aromatic carbocycles. The smallest absolute Gasteiger partial charge is 0.0940 e. The maximum atomic E-state index is 10.3. The summed E-state index contributed by atoms with van der Waals surface area (Å²) in [5.74, 6) is 0. The van der Waals surface area contributed by atoms with Gasteiger partial charge >= 0.3 is 0 Å². The van der Waals surface area contributed by atoms with E-state index >= 15 is 0 Å². The second-order valence-electron chi connectivity index (χ2n) is 6.96. The molecule has 0 aliphatic carbocycles. The molecule has 1 aromatic rings. The summed E-state index contributed by atoms with van der Waals surface area (Å²) < 4.78 is 0. The predicted molar refractivity (Wildman–Crippen MR) is 75.8 cm³/mol. The molecule has 2 N–H and O–H groups in total. The second-order valence-corrected chi connectivity index (χ2v) is 6.96. The summed E-state index contributed by atoms with van der Waals surface area (Å²) in [5.41, 5.74) is 0.202. The van der Waals surface area contributed by atoms with Crippen molar-refractivity contribution in [1.82, 2.24) is 0 Å². The average molecular weight is 250 g/mol. The molecule has 0 amide bonds. The van der Waals surface area contributed by atoms with E-state index in [1.165, 1.54) is 5.56 Å². The lowest BCUT2D eigenvalue weighted by Crippen LogP contribution is -2.49. The highest BCUT2D eigenvalue weighted by Crippen LogP contribution is 2.27. The molecule has 0 saturated heterocycles. The van der Waals surface area contributed by atoms with E-state index in [2.05, 4.69) is 32.9 Å². The van der Waals surface area contributed by atoms with Crippen LogP contribution in [0, 0.1) is 0 Å². The molecule has 18 heavy (non-hydrogen) atoms. The van der Waals surface area contributed by atoms with Crippen molar-refractivity contribution in [2.45, 2.75) is 64.6 Å². The van der Waals surface area contributed by atoms with Gasteiger partial charge in [0, 0.05) is 6.42 Å². The van der Waals surface area contributed by atoms with Crippen molar-refractivity contribution in [3.63, 3.8) is 0 Å². The van der Waals surface area contributed by atoms with Gasteiger partial charge in [0.05, 0.1) is 11.2 Å². The molecule has 0 fully saturated rings. The van der Waals surface area contributed by atoms with Crippen molar-refractivity contribution >= 4 is 0 Å². The van der Waals surface area contributed by atoms with Gasteiger partial charge in [-0.2, -0.15) is 0 Å². The topological polar surface area (TPSA) is 40.5 Å². The van der Waals surface area contributed by atoms with E-state index in [0.717, 1.165) is 5.56 Å². The van der Waals surface area contributed by atoms with Crippen molar-refractivity contribution in [2.24, 2.45) is 0 Å². The maximum Gasteiger partial charge on any atom is 0.0940 e. The van der Waals surface area contributed by atoms with Crippen LogP contribution in [0.15, 0.2) is 24.3 Å². The van der Waals surface area contributed by atoms with Gasteiger partial charge in [-0.1, -0.05) is 45.0 Å². The van der Waals surface area contributed by atoms with Gasteiger partial charge in [0.25, 0.3) is 0 Å². The molecular formula is C16H26O2. The molecule has 0 aliphatic heterocycles. The largest absolute Gasteiger partial charge is 0.387 e. The SMILES string of the molecule is CC(C)(C)c1ccc(CC(C)(O)C(C)(C)O)cc1. The average Bonchev–Trinajstić information content (AvgIpc) is 2.14. The van der Waals surface area contributed by atoms with Crippen molar-refractivity contribution in [1.29, 1.82) is 0 Å². The van der Waals surface area contributed by atoms with Crippen LogP contribution in [0.5, 0.6) is 0 Å². The third-order valence-electron chi connectivity index (χ3n) is 3.69.